The van der Waals surface area contributed by atoms with E-state index in [1.165, 1.54) is 0 Å². The van der Waals surface area contributed by atoms with E-state index in [2.05, 4.69) is 0 Å². The Morgan fingerprint density at radius 3 is 1.50 bits per heavy atom. The number of rotatable bonds is 2. The molecular formula is C5H9BiF6. The van der Waals surface area contributed by atoms with Crippen molar-refractivity contribution in [2.24, 2.45) is 0 Å². The summed E-state index contributed by atoms with van der Waals surface area (Å²) in [5, 5.41) is 0. The predicted octanol–water partition coefficient (Wildman–Crippen LogP) is 1.75. The quantitative estimate of drug-likeness (QED) is 0.497. The Balaban J connectivity index is 0. The zero-order chi connectivity index (χ0) is 9.28. The van der Waals surface area contributed by atoms with Crippen molar-refractivity contribution in [2.45, 2.75) is 31.6 Å². The first-order chi connectivity index (χ1) is 4.73. The van der Waals surface area contributed by atoms with Crippen LogP contribution in [0.25, 0.3) is 0 Å². The van der Waals surface area contributed by atoms with Crippen LogP contribution in [0.2, 0.25) is 0 Å². The minimum absolute atomic E-state index is 0. The van der Waals surface area contributed by atoms with Crippen molar-refractivity contribution in [2.75, 3.05) is 0 Å². The molecule has 0 nitrogen and oxygen atoms in total. The van der Waals surface area contributed by atoms with Gasteiger partial charge in [-0.2, -0.15) is 22.0 Å². The Morgan fingerprint density at radius 2 is 1.42 bits per heavy atom. The van der Waals surface area contributed by atoms with E-state index in [1.807, 2.05) is 0 Å². The standard InChI is InChI=1S/C5H6F6.Bi.3H/c1-2-3(6)4(7,8)5(9,10)11;;;;/h3H,2H2,1H3;;;;. The molecule has 0 rings (SSSR count). The zero-order valence-electron chi connectivity index (χ0n) is 6.26. The summed E-state index contributed by atoms with van der Waals surface area (Å²) in [5.74, 6) is -5.22. The van der Waals surface area contributed by atoms with E-state index in [0.29, 0.717) is 0 Å². The Hall–Kier alpha value is 0.463. The molecule has 0 heterocycles. The van der Waals surface area contributed by atoms with Crippen LogP contribution < -0.4 is 0 Å². The van der Waals surface area contributed by atoms with Crippen LogP contribution >= 0.6 is 0 Å². The van der Waals surface area contributed by atoms with Crippen molar-refractivity contribution in [3.05, 3.63) is 0 Å². The van der Waals surface area contributed by atoms with Gasteiger partial charge in [0.1, 0.15) is 0 Å². The van der Waals surface area contributed by atoms with Crippen LogP contribution in [-0.4, -0.2) is 44.5 Å². The molecule has 76 valence electrons. The summed E-state index contributed by atoms with van der Waals surface area (Å²) in [6.07, 6.45) is -9.79. The second-order valence-electron chi connectivity index (χ2n) is 2.00. The van der Waals surface area contributed by atoms with Gasteiger partial charge in [0, 0.05) is 0 Å². The van der Waals surface area contributed by atoms with Gasteiger partial charge < -0.3 is 0 Å². The molecule has 0 bridgehead atoms. The summed E-state index contributed by atoms with van der Waals surface area (Å²) in [7, 11) is 0. The number of hydrogen-bond donors (Lipinski definition) is 0. The second kappa shape index (κ2) is 4.63. The minimum atomic E-state index is -5.79. The molecule has 0 aliphatic rings. The predicted molar refractivity (Wildman–Crippen MR) is 36.1 cm³/mol. The van der Waals surface area contributed by atoms with Crippen molar-refractivity contribution in [1.82, 2.24) is 0 Å². The molecule has 1 atom stereocenters. The molecule has 0 aliphatic carbocycles. The van der Waals surface area contributed by atoms with Crippen LogP contribution in [0.3, 0.4) is 0 Å². The van der Waals surface area contributed by atoms with Crippen LogP contribution in [0, 0.1) is 0 Å². The molecule has 0 radical (unpaired) electrons. The van der Waals surface area contributed by atoms with Gasteiger partial charge >= 0.3 is 38.3 Å². The summed E-state index contributed by atoms with van der Waals surface area (Å²) in [6.45, 7) is 0.921. The maximum absolute atomic E-state index is 11.9. The first-order valence-corrected chi connectivity index (χ1v) is 2.82. The molecule has 1 unspecified atom stereocenters. The van der Waals surface area contributed by atoms with E-state index in [0.717, 1.165) is 6.92 Å². The van der Waals surface area contributed by atoms with E-state index in [9.17, 15) is 26.3 Å². The van der Waals surface area contributed by atoms with Gasteiger partial charge in [0.25, 0.3) is 0 Å². The maximum atomic E-state index is 11.9. The summed E-state index contributed by atoms with van der Waals surface area (Å²) in [4.78, 5) is 0. The van der Waals surface area contributed by atoms with Gasteiger partial charge in [-0.1, -0.05) is 6.92 Å². The van der Waals surface area contributed by atoms with Crippen molar-refractivity contribution in [3.63, 3.8) is 0 Å². The molecule has 0 aromatic carbocycles. The van der Waals surface area contributed by atoms with Crippen molar-refractivity contribution in [3.8, 4) is 0 Å². The molecule has 0 saturated carbocycles. The third-order valence-corrected chi connectivity index (χ3v) is 1.13. The zero-order valence-corrected chi connectivity index (χ0v) is 11.8. The summed E-state index contributed by atoms with van der Waals surface area (Å²) in [5.41, 5.74) is 0. The fourth-order valence-electron chi connectivity index (χ4n) is 0.434. The average Bonchev–Trinajstić information content (AvgIpc) is 1.83. The van der Waals surface area contributed by atoms with Crippen LogP contribution in [-0.2, 0) is 0 Å². The molecule has 0 aromatic rings. The van der Waals surface area contributed by atoms with Crippen molar-refractivity contribution < 1.29 is 26.3 Å². The summed E-state index contributed by atoms with van der Waals surface area (Å²) >= 11 is 0. The van der Waals surface area contributed by atoms with Gasteiger partial charge in [0.05, 0.1) is 0 Å². The Kier molecular flexibility index (Phi) is 5.77. The fraction of sp³-hybridized carbons (Fsp3) is 1.00. The van der Waals surface area contributed by atoms with Crippen molar-refractivity contribution >= 4 is 26.2 Å². The van der Waals surface area contributed by atoms with Gasteiger partial charge in [-0.15, -0.1) is 0 Å². The van der Waals surface area contributed by atoms with E-state index >= 15 is 0 Å². The second-order valence-corrected chi connectivity index (χ2v) is 2.00. The number of halogens is 6. The van der Waals surface area contributed by atoms with Gasteiger partial charge in [0.15, 0.2) is 6.17 Å². The Bertz CT molecular complexity index is 130. The molecule has 0 aliphatic heterocycles. The van der Waals surface area contributed by atoms with Crippen molar-refractivity contribution in [1.29, 1.82) is 0 Å². The van der Waals surface area contributed by atoms with Gasteiger partial charge in [-0.25, -0.2) is 4.39 Å². The van der Waals surface area contributed by atoms with Crippen LogP contribution in [0.1, 0.15) is 13.3 Å². The van der Waals surface area contributed by atoms with E-state index in [4.69, 9.17) is 0 Å². The SMILES string of the molecule is CCC(F)C(F)(F)C(F)(F)F.[BiH3]. The normalized spacial score (nSPS) is 15.2. The van der Waals surface area contributed by atoms with E-state index in [1.54, 1.807) is 0 Å². The van der Waals surface area contributed by atoms with E-state index < -0.39 is 24.7 Å². The number of hydrogen-bond acceptors (Lipinski definition) is 0. The van der Waals surface area contributed by atoms with Crippen LogP contribution in [0.4, 0.5) is 26.3 Å². The first kappa shape index (κ1) is 15.0. The molecule has 0 spiro atoms. The molecule has 0 fully saturated rings. The van der Waals surface area contributed by atoms with Gasteiger partial charge in [-0.05, 0) is 6.42 Å². The first-order valence-electron chi connectivity index (χ1n) is 2.82. The molecule has 12 heavy (non-hydrogen) atoms. The van der Waals surface area contributed by atoms with Gasteiger partial charge in [-0.3, -0.25) is 0 Å². The molecule has 7 heteroatoms. The Morgan fingerprint density at radius 1 is 1.08 bits per heavy atom. The van der Waals surface area contributed by atoms with Gasteiger partial charge in [0.2, 0.25) is 0 Å². The fourth-order valence-corrected chi connectivity index (χ4v) is 0.434. The topological polar surface area (TPSA) is 0 Å². The monoisotopic (exact) mass is 392 g/mol. The third-order valence-electron chi connectivity index (χ3n) is 1.13. The third kappa shape index (κ3) is 3.07. The summed E-state index contributed by atoms with van der Waals surface area (Å²) < 4.78 is 69.4. The molecule has 0 amide bonds. The molecule has 0 N–H and O–H groups in total. The molecule has 0 saturated heterocycles. The van der Waals surface area contributed by atoms with E-state index in [-0.39, 0.29) is 26.2 Å². The van der Waals surface area contributed by atoms with Crippen LogP contribution in [0.15, 0.2) is 0 Å². The average molecular weight is 392 g/mol. The summed E-state index contributed by atoms with van der Waals surface area (Å²) in [6, 6.07) is 0. The molecule has 0 aromatic heterocycles. The number of alkyl halides is 6. The Labute approximate surface area is 84.4 Å². The van der Waals surface area contributed by atoms with Crippen LogP contribution in [0.5, 0.6) is 0 Å². The molecular weight excluding hydrogens is 383 g/mol.